The summed E-state index contributed by atoms with van der Waals surface area (Å²) in [5.41, 5.74) is 1.36. The van der Waals surface area contributed by atoms with Crippen molar-refractivity contribution in [3.63, 3.8) is 0 Å². The number of fused-ring (bicyclic) bond motifs is 8. The van der Waals surface area contributed by atoms with Crippen molar-refractivity contribution < 1.29 is 36.6 Å². The molecule has 0 aliphatic carbocycles. The third-order valence-electron chi connectivity index (χ3n) is 8.06. The standard InChI is InChI=1S/C32H31O8P/c1-30(2)34-18-32(40-30)29(28-25(17-33-32)35-31(3,4)36-28)39-41-37-23-15-13-19-9-5-7-11-21(19)26(23)27-22-12-8-6-10-20(22)14-16-24(27)38-41/h5-16,25,28-29H,17-18H2,1-4H3/t25-,28-,29+,32+/m1/s1. The summed E-state index contributed by atoms with van der Waals surface area (Å²) in [6.45, 7) is 7.95. The minimum Gasteiger partial charge on any atom is -0.399 e. The fourth-order valence-electron chi connectivity index (χ4n) is 6.39. The van der Waals surface area contributed by atoms with E-state index in [9.17, 15) is 0 Å². The SMILES string of the molecule is CC1(C)O[C@@H]2[C@@H](CO[C@]3(COC(C)(C)O3)[C@H]2Op2oc3ccc4ccccc4c3c3c(ccc4ccccc43)o2)O1. The summed E-state index contributed by atoms with van der Waals surface area (Å²) in [5.74, 6) is -2.89. The van der Waals surface area contributed by atoms with Gasteiger partial charge in [0.15, 0.2) is 17.7 Å². The number of benzene rings is 4. The lowest BCUT2D eigenvalue weighted by molar-refractivity contribution is -0.316. The summed E-state index contributed by atoms with van der Waals surface area (Å²) in [5, 5.41) is 6.31. The van der Waals surface area contributed by atoms with Crippen molar-refractivity contribution in [1.29, 1.82) is 0 Å². The second kappa shape index (κ2) is 9.03. The fraction of sp³-hybridized carbons (Fsp3) is 0.375. The predicted octanol–water partition coefficient (Wildman–Crippen LogP) is 7.42. The largest absolute Gasteiger partial charge is 0.399 e. The minimum absolute atomic E-state index is 0.170. The first-order valence-corrected chi connectivity index (χ1v) is 15.0. The van der Waals surface area contributed by atoms with Crippen LogP contribution in [0.25, 0.3) is 43.5 Å². The summed E-state index contributed by atoms with van der Waals surface area (Å²) >= 11 is 0. The van der Waals surface area contributed by atoms with Gasteiger partial charge >= 0.3 is 8.24 Å². The molecule has 0 unspecified atom stereocenters. The highest BCUT2D eigenvalue weighted by atomic mass is 31.1. The highest BCUT2D eigenvalue weighted by molar-refractivity contribution is 7.31. The van der Waals surface area contributed by atoms with Crippen LogP contribution in [0.5, 0.6) is 0 Å². The number of ether oxygens (including phenoxy) is 5. The van der Waals surface area contributed by atoms with Gasteiger partial charge in [-0.25, -0.2) is 0 Å². The number of hydrogen-bond donors (Lipinski definition) is 0. The average molecular weight is 575 g/mol. The Balaban J connectivity index is 1.36. The summed E-state index contributed by atoms with van der Waals surface area (Å²) in [7, 11) is -1.98. The van der Waals surface area contributed by atoms with E-state index in [0.717, 1.165) is 32.3 Å². The van der Waals surface area contributed by atoms with Gasteiger partial charge in [-0.05, 0) is 61.4 Å². The second-order valence-corrected chi connectivity index (χ2v) is 12.8. The molecule has 0 bridgehead atoms. The van der Waals surface area contributed by atoms with Crippen LogP contribution in [-0.2, 0) is 23.7 Å². The molecule has 0 saturated carbocycles. The van der Waals surface area contributed by atoms with Crippen LogP contribution in [0.4, 0.5) is 0 Å². The van der Waals surface area contributed by atoms with E-state index in [1.54, 1.807) is 0 Å². The summed E-state index contributed by atoms with van der Waals surface area (Å²) < 4.78 is 51.3. The highest BCUT2D eigenvalue weighted by Crippen LogP contribution is 2.48. The van der Waals surface area contributed by atoms with Gasteiger partial charge < -0.3 is 32.1 Å². The molecule has 9 heteroatoms. The van der Waals surface area contributed by atoms with Crippen LogP contribution in [0.15, 0.2) is 81.2 Å². The maximum atomic E-state index is 6.77. The van der Waals surface area contributed by atoms with Crippen molar-refractivity contribution in [2.24, 2.45) is 0 Å². The van der Waals surface area contributed by atoms with Crippen molar-refractivity contribution in [1.82, 2.24) is 0 Å². The zero-order valence-electron chi connectivity index (χ0n) is 23.3. The van der Waals surface area contributed by atoms with E-state index in [-0.39, 0.29) is 19.3 Å². The Morgan fingerprint density at radius 3 is 1.90 bits per heavy atom. The van der Waals surface area contributed by atoms with Crippen LogP contribution >= 0.6 is 8.24 Å². The highest BCUT2D eigenvalue weighted by Gasteiger charge is 2.64. The van der Waals surface area contributed by atoms with Crippen LogP contribution in [0.2, 0.25) is 0 Å². The van der Waals surface area contributed by atoms with Gasteiger partial charge in [-0.15, -0.1) is 0 Å². The lowest BCUT2D eigenvalue weighted by Gasteiger charge is -2.42. The molecule has 212 valence electrons. The van der Waals surface area contributed by atoms with Gasteiger partial charge in [0.25, 0.3) is 0 Å². The van der Waals surface area contributed by atoms with E-state index >= 15 is 0 Å². The lowest BCUT2D eigenvalue weighted by atomic mass is 9.97. The van der Waals surface area contributed by atoms with Gasteiger partial charge in [0, 0.05) is 10.8 Å². The molecule has 1 aromatic heterocycles. The Morgan fingerprint density at radius 1 is 0.707 bits per heavy atom. The quantitative estimate of drug-likeness (QED) is 0.215. The average Bonchev–Trinajstić information content (AvgIpc) is 3.37. The molecule has 3 saturated heterocycles. The second-order valence-electron chi connectivity index (χ2n) is 11.8. The molecule has 0 amide bonds. The summed E-state index contributed by atoms with van der Waals surface area (Å²) in [4.78, 5) is 0. The zero-order chi connectivity index (χ0) is 28.0. The predicted molar refractivity (Wildman–Crippen MR) is 155 cm³/mol. The topological polar surface area (TPSA) is 81.7 Å². The van der Waals surface area contributed by atoms with E-state index in [2.05, 4.69) is 36.4 Å². The van der Waals surface area contributed by atoms with E-state index in [1.807, 2.05) is 64.1 Å². The molecule has 3 aliphatic rings. The van der Waals surface area contributed by atoms with E-state index < -0.39 is 37.8 Å². The van der Waals surface area contributed by atoms with Gasteiger partial charge in [-0.1, -0.05) is 60.7 Å². The monoisotopic (exact) mass is 574 g/mol. The van der Waals surface area contributed by atoms with Crippen molar-refractivity contribution in [3.05, 3.63) is 72.8 Å². The molecule has 41 heavy (non-hydrogen) atoms. The molecule has 1 spiro atoms. The minimum atomic E-state index is -1.98. The van der Waals surface area contributed by atoms with Crippen LogP contribution in [0, 0.1) is 0 Å². The molecule has 3 fully saturated rings. The summed E-state index contributed by atoms with van der Waals surface area (Å²) in [6.07, 6.45) is -1.58. The van der Waals surface area contributed by atoms with Gasteiger partial charge in [-0.2, -0.15) is 0 Å². The first-order chi connectivity index (χ1) is 19.7. The molecular weight excluding hydrogens is 543 g/mol. The smallest absolute Gasteiger partial charge is 0.387 e. The lowest BCUT2D eigenvalue weighted by Crippen LogP contribution is -2.63. The van der Waals surface area contributed by atoms with Gasteiger partial charge in [0.05, 0.1) is 6.61 Å². The molecule has 5 aromatic rings. The maximum absolute atomic E-state index is 6.77. The fourth-order valence-corrected chi connectivity index (χ4v) is 7.61. The molecule has 3 aliphatic heterocycles. The third kappa shape index (κ3) is 4.21. The van der Waals surface area contributed by atoms with E-state index in [4.69, 9.17) is 36.6 Å². The number of rotatable bonds is 2. The van der Waals surface area contributed by atoms with Gasteiger partial charge in [0.1, 0.15) is 30.0 Å². The van der Waals surface area contributed by atoms with E-state index in [0.29, 0.717) is 11.2 Å². The molecule has 0 radical (unpaired) electrons. The first kappa shape index (κ1) is 25.7. The molecule has 4 heterocycles. The molecule has 8 nitrogen and oxygen atoms in total. The molecule has 0 N–H and O–H groups in total. The first-order valence-electron chi connectivity index (χ1n) is 13.9. The van der Waals surface area contributed by atoms with Crippen molar-refractivity contribution in [2.75, 3.05) is 13.2 Å². The Labute approximate surface area is 237 Å². The van der Waals surface area contributed by atoms with Crippen molar-refractivity contribution >= 4 is 51.7 Å². The van der Waals surface area contributed by atoms with Crippen LogP contribution in [0.1, 0.15) is 27.7 Å². The third-order valence-corrected chi connectivity index (χ3v) is 9.15. The normalized spacial score (nSPS) is 28.6. The van der Waals surface area contributed by atoms with E-state index in [1.165, 1.54) is 0 Å². The molecule has 4 atom stereocenters. The van der Waals surface area contributed by atoms with Crippen LogP contribution in [-0.4, -0.2) is 48.9 Å². The Morgan fingerprint density at radius 2 is 1.32 bits per heavy atom. The van der Waals surface area contributed by atoms with Crippen LogP contribution in [0.3, 0.4) is 0 Å². The summed E-state index contributed by atoms with van der Waals surface area (Å²) in [6, 6.07) is 24.7. The maximum Gasteiger partial charge on any atom is 0.387 e. The van der Waals surface area contributed by atoms with Crippen LogP contribution < -0.4 is 4.52 Å². The molecule has 4 aromatic carbocycles. The zero-order valence-corrected chi connectivity index (χ0v) is 24.2. The van der Waals surface area contributed by atoms with Gasteiger partial charge in [0.2, 0.25) is 5.79 Å². The molecule has 8 rings (SSSR count). The van der Waals surface area contributed by atoms with Crippen molar-refractivity contribution in [3.8, 4) is 0 Å². The Bertz CT molecular complexity index is 1760. The molecular formula is C32H31O8P. The Kier molecular flexibility index (Phi) is 5.67. The van der Waals surface area contributed by atoms with Gasteiger partial charge in [-0.3, -0.25) is 4.52 Å². The number of hydrogen-bond acceptors (Lipinski definition) is 8. The van der Waals surface area contributed by atoms with Crippen molar-refractivity contribution in [2.45, 2.75) is 63.4 Å². The Hall–Kier alpha value is -2.94.